The van der Waals surface area contributed by atoms with Crippen LogP contribution in [0.25, 0.3) is 0 Å². The lowest BCUT2D eigenvalue weighted by atomic mass is 9.92. The Kier molecular flexibility index (Phi) is 3.78. The highest BCUT2D eigenvalue weighted by molar-refractivity contribution is 4.74. The molecular weight excluding hydrogens is 158 g/mol. The summed E-state index contributed by atoms with van der Waals surface area (Å²) in [5, 5.41) is 0. The van der Waals surface area contributed by atoms with E-state index in [0.29, 0.717) is 0 Å². The predicted molar refractivity (Wildman–Crippen MR) is 58.6 cm³/mol. The predicted octanol–water partition coefficient (Wildman–Crippen LogP) is 2.91. The summed E-state index contributed by atoms with van der Waals surface area (Å²) in [5.41, 5.74) is 0. The highest BCUT2D eigenvalue weighted by Crippen LogP contribution is 2.32. The van der Waals surface area contributed by atoms with Crippen LogP contribution in [0, 0.1) is 11.8 Å². The summed E-state index contributed by atoms with van der Waals surface area (Å²) >= 11 is 0. The summed E-state index contributed by atoms with van der Waals surface area (Å²) in [7, 11) is 2.45. The van der Waals surface area contributed by atoms with Crippen LogP contribution >= 0.6 is 0 Å². The van der Waals surface area contributed by atoms with Crippen LogP contribution in [0.1, 0.15) is 40.0 Å². The van der Waals surface area contributed by atoms with Crippen molar-refractivity contribution < 1.29 is 4.48 Å². The number of hydrogen-bond donors (Lipinski definition) is 0. The van der Waals surface area contributed by atoms with Gasteiger partial charge in [0.15, 0.2) is 0 Å². The Hall–Kier alpha value is -0.0400. The molecule has 0 unspecified atom stereocenters. The van der Waals surface area contributed by atoms with Crippen LogP contribution in [0.4, 0.5) is 0 Å². The summed E-state index contributed by atoms with van der Waals surface area (Å²) in [6, 6.07) is 0. The van der Waals surface area contributed by atoms with Gasteiger partial charge in [0.05, 0.1) is 26.7 Å². The molecule has 0 aromatic rings. The topological polar surface area (TPSA) is 0 Å². The average molecular weight is 184 g/mol. The second-order valence-corrected chi connectivity index (χ2v) is 5.04. The lowest BCUT2D eigenvalue weighted by molar-refractivity contribution is -0.900. The van der Waals surface area contributed by atoms with Crippen LogP contribution in [-0.4, -0.2) is 31.2 Å². The Balaban J connectivity index is 2.55. The van der Waals surface area contributed by atoms with Crippen molar-refractivity contribution in [2.45, 2.75) is 40.0 Å². The molecule has 1 aliphatic rings. The van der Waals surface area contributed by atoms with E-state index in [0.717, 1.165) is 11.8 Å². The molecule has 0 bridgehead atoms. The minimum absolute atomic E-state index is 1.00. The summed E-state index contributed by atoms with van der Waals surface area (Å²) in [4.78, 5) is 0. The number of rotatable bonds is 4. The van der Waals surface area contributed by atoms with Crippen molar-refractivity contribution in [3.8, 4) is 0 Å². The molecule has 1 rings (SSSR count). The van der Waals surface area contributed by atoms with E-state index in [1.165, 1.54) is 43.4 Å². The molecule has 0 aliphatic carbocycles. The van der Waals surface area contributed by atoms with Gasteiger partial charge in [-0.05, 0) is 19.3 Å². The number of likely N-dealkylation sites (tertiary alicyclic amines) is 1. The maximum absolute atomic E-state index is 2.45. The van der Waals surface area contributed by atoms with Crippen LogP contribution in [0.3, 0.4) is 0 Å². The fourth-order valence-electron chi connectivity index (χ4n) is 3.15. The van der Waals surface area contributed by atoms with E-state index in [9.17, 15) is 0 Å². The zero-order valence-electron chi connectivity index (χ0n) is 9.84. The van der Waals surface area contributed by atoms with Gasteiger partial charge in [-0.3, -0.25) is 0 Å². The van der Waals surface area contributed by atoms with Gasteiger partial charge in [-0.1, -0.05) is 20.8 Å². The van der Waals surface area contributed by atoms with Crippen molar-refractivity contribution in [3.05, 3.63) is 0 Å². The van der Waals surface area contributed by atoms with E-state index < -0.39 is 0 Å². The first-order chi connectivity index (χ1) is 6.15. The molecule has 0 N–H and O–H groups in total. The second-order valence-electron chi connectivity index (χ2n) is 5.04. The van der Waals surface area contributed by atoms with E-state index in [4.69, 9.17) is 0 Å². The Morgan fingerprint density at radius 2 is 1.46 bits per heavy atom. The summed E-state index contributed by atoms with van der Waals surface area (Å²) in [6.45, 7) is 11.3. The minimum atomic E-state index is 1.00. The molecule has 1 fully saturated rings. The van der Waals surface area contributed by atoms with E-state index in [1.54, 1.807) is 0 Å². The molecular formula is C12H26N+. The Bertz CT molecular complexity index is 141. The second kappa shape index (κ2) is 4.45. The first-order valence-electron chi connectivity index (χ1n) is 5.98. The van der Waals surface area contributed by atoms with Gasteiger partial charge in [-0.2, -0.15) is 0 Å². The van der Waals surface area contributed by atoms with Crippen LogP contribution in [0.15, 0.2) is 0 Å². The lowest BCUT2D eigenvalue weighted by Gasteiger charge is -2.29. The molecule has 0 amide bonds. The van der Waals surface area contributed by atoms with Crippen LogP contribution < -0.4 is 0 Å². The third kappa shape index (κ3) is 2.46. The van der Waals surface area contributed by atoms with Gasteiger partial charge >= 0.3 is 0 Å². The molecule has 1 aliphatic heterocycles. The lowest BCUT2D eigenvalue weighted by Crippen LogP contribution is -2.42. The smallest absolute Gasteiger partial charge is 0.0818 e. The monoisotopic (exact) mass is 184 g/mol. The van der Waals surface area contributed by atoms with Gasteiger partial charge in [0.25, 0.3) is 0 Å². The first-order valence-corrected chi connectivity index (χ1v) is 5.98. The van der Waals surface area contributed by atoms with Gasteiger partial charge < -0.3 is 4.48 Å². The Labute approximate surface area is 83.7 Å². The fourth-order valence-corrected chi connectivity index (χ4v) is 3.15. The highest BCUT2D eigenvalue weighted by Gasteiger charge is 2.39. The maximum atomic E-state index is 2.45. The third-order valence-corrected chi connectivity index (χ3v) is 3.83. The molecule has 1 nitrogen and oxygen atoms in total. The standard InChI is InChI=1S/C12H26N/c1-5-8-13(4)9-11(6-2)12(7-3)10-13/h11-12H,5-10H2,1-4H3/q+1/t11-,12-/m0/s1. The molecule has 13 heavy (non-hydrogen) atoms. The normalized spacial score (nSPS) is 32.3. The molecule has 1 heteroatoms. The summed E-state index contributed by atoms with van der Waals surface area (Å²) in [6.07, 6.45) is 4.11. The Morgan fingerprint density at radius 3 is 1.77 bits per heavy atom. The quantitative estimate of drug-likeness (QED) is 0.589. The van der Waals surface area contributed by atoms with E-state index >= 15 is 0 Å². The third-order valence-electron chi connectivity index (χ3n) is 3.83. The van der Waals surface area contributed by atoms with Crippen LogP contribution in [0.2, 0.25) is 0 Å². The number of quaternary nitrogens is 1. The SMILES string of the molecule is CCC[N+]1(C)C[C@H](CC)[C@@H](CC)C1. The van der Waals surface area contributed by atoms with Crippen LogP contribution in [-0.2, 0) is 0 Å². The van der Waals surface area contributed by atoms with Crippen molar-refractivity contribution in [2.75, 3.05) is 26.7 Å². The highest BCUT2D eigenvalue weighted by atomic mass is 15.3. The Morgan fingerprint density at radius 1 is 1.00 bits per heavy atom. The van der Waals surface area contributed by atoms with Crippen molar-refractivity contribution >= 4 is 0 Å². The van der Waals surface area contributed by atoms with Crippen molar-refractivity contribution in [1.29, 1.82) is 0 Å². The molecule has 0 spiro atoms. The molecule has 1 heterocycles. The van der Waals surface area contributed by atoms with E-state index in [-0.39, 0.29) is 0 Å². The molecule has 78 valence electrons. The van der Waals surface area contributed by atoms with Crippen molar-refractivity contribution in [3.63, 3.8) is 0 Å². The number of nitrogens with zero attached hydrogens (tertiary/aromatic N) is 1. The molecule has 2 atom stereocenters. The van der Waals surface area contributed by atoms with Gasteiger partial charge in [-0.15, -0.1) is 0 Å². The minimum Gasteiger partial charge on any atom is -0.326 e. The van der Waals surface area contributed by atoms with Gasteiger partial charge in [0, 0.05) is 11.8 Å². The largest absolute Gasteiger partial charge is 0.326 e. The zero-order valence-corrected chi connectivity index (χ0v) is 9.84. The van der Waals surface area contributed by atoms with Crippen LogP contribution in [0.5, 0.6) is 0 Å². The number of hydrogen-bond acceptors (Lipinski definition) is 0. The van der Waals surface area contributed by atoms with Crippen molar-refractivity contribution in [2.24, 2.45) is 11.8 Å². The van der Waals surface area contributed by atoms with Gasteiger partial charge in [0.1, 0.15) is 0 Å². The molecule has 0 radical (unpaired) electrons. The first kappa shape index (κ1) is 11.0. The molecule has 1 saturated heterocycles. The van der Waals surface area contributed by atoms with E-state index in [2.05, 4.69) is 27.8 Å². The fraction of sp³-hybridized carbons (Fsp3) is 1.00. The van der Waals surface area contributed by atoms with Gasteiger partial charge in [0.2, 0.25) is 0 Å². The average Bonchev–Trinajstić information content (AvgIpc) is 2.43. The van der Waals surface area contributed by atoms with E-state index in [1.807, 2.05) is 0 Å². The molecule has 0 saturated carbocycles. The molecule has 0 aromatic carbocycles. The summed E-state index contributed by atoms with van der Waals surface area (Å²) < 4.78 is 1.34. The summed E-state index contributed by atoms with van der Waals surface area (Å²) in [5.74, 6) is 2.00. The molecule has 0 aromatic heterocycles. The van der Waals surface area contributed by atoms with Gasteiger partial charge in [-0.25, -0.2) is 0 Å². The zero-order chi connectivity index (χ0) is 9.90. The maximum Gasteiger partial charge on any atom is 0.0818 e. The van der Waals surface area contributed by atoms with Crippen molar-refractivity contribution in [1.82, 2.24) is 0 Å².